The van der Waals surface area contributed by atoms with Crippen molar-refractivity contribution in [2.24, 2.45) is 0 Å². The quantitative estimate of drug-likeness (QED) is 0.810. The number of rotatable bonds is 2. The predicted octanol–water partition coefficient (Wildman–Crippen LogP) is 1.94. The minimum Gasteiger partial charge on any atom is -0.348 e. The normalized spacial score (nSPS) is 19.5. The number of amides is 1. The van der Waals surface area contributed by atoms with Crippen LogP contribution in [0.1, 0.15) is 22.3 Å². The monoisotopic (exact) mass is 276 g/mol. The van der Waals surface area contributed by atoms with E-state index in [1.807, 2.05) is 0 Å². The number of benzene rings is 1. The molecule has 1 fully saturated rings. The van der Waals surface area contributed by atoms with Gasteiger partial charge in [0.15, 0.2) is 0 Å². The van der Waals surface area contributed by atoms with Gasteiger partial charge in [0, 0.05) is 18.2 Å². The van der Waals surface area contributed by atoms with Crippen molar-refractivity contribution in [3.63, 3.8) is 0 Å². The van der Waals surface area contributed by atoms with E-state index < -0.39 is 23.5 Å². The molecule has 3 nitrogen and oxygen atoms in total. The highest BCUT2D eigenvalue weighted by Crippen LogP contribution is 2.30. The molecule has 1 amide bonds. The highest BCUT2D eigenvalue weighted by molar-refractivity contribution is 5.94. The van der Waals surface area contributed by atoms with Crippen molar-refractivity contribution in [1.82, 2.24) is 10.6 Å². The van der Waals surface area contributed by atoms with Crippen molar-refractivity contribution in [3.8, 4) is 0 Å². The molecule has 0 aromatic heterocycles. The Labute approximate surface area is 107 Å². The third-order valence-electron chi connectivity index (χ3n) is 2.88. The molecule has 7 heteroatoms. The Kier molecular flexibility index (Phi) is 3.75. The van der Waals surface area contributed by atoms with Gasteiger partial charge in [0.1, 0.15) is 5.82 Å². The molecule has 1 aliphatic rings. The maximum atomic E-state index is 13.1. The fourth-order valence-electron chi connectivity index (χ4n) is 1.93. The number of carbonyl (C=O) groups excluding carboxylic acids is 1. The lowest BCUT2D eigenvalue weighted by Crippen LogP contribution is -2.36. The molecule has 1 atom stereocenters. The Morgan fingerprint density at radius 3 is 2.63 bits per heavy atom. The van der Waals surface area contributed by atoms with Gasteiger partial charge in [0.05, 0.1) is 5.56 Å². The van der Waals surface area contributed by atoms with Gasteiger partial charge >= 0.3 is 6.18 Å². The van der Waals surface area contributed by atoms with Gasteiger partial charge in [-0.2, -0.15) is 13.2 Å². The highest BCUT2D eigenvalue weighted by atomic mass is 19.4. The first kappa shape index (κ1) is 13.8. The van der Waals surface area contributed by atoms with Crippen LogP contribution in [0.15, 0.2) is 18.2 Å². The zero-order valence-corrected chi connectivity index (χ0v) is 9.85. The SMILES string of the molecule is O=C(NC1CCNC1)c1cc(F)cc(C(F)(F)F)c1. The van der Waals surface area contributed by atoms with Crippen LogP contribution in [-0.2, 0) is 6.18 Å². The minimum absolute atomic E-state index is 0.134. The van der Waals surface area contributed by atoms with E-state index in [1.54, 1.807) is 0 Å². The van der Waals surface area contributed by atoms with Crippen LogP contribution in [0.2, 0.25) is 0 Å². The van der Waals surface area contributed by atoms with E-state index in [4.69, 9.17) is 0 Å². The fraction of sp³-hybridized carbons (Fsp3) is 0.417. The topological polar surface area (TPSA) is 41.1 Å². The van der Waals surface area contributed by atoms with E-state index in [2.05, 4.69) is 10.6 Å². The first-order valence-corrected chi connectivity index (χ1v) is 5.75. The lowest BCUT2D eigenvalue weighted by Gasteiger charge is -2.13. The lowest BCUT2D eigenvalue weighted by atomic mass is 10.1. The predicted molar refractivity (Wildman–Crippen MR) is 60.1 cm³/mol. The molecule has 0 saturated carbocycles. The first-order chi connectivity index (χ1) is 8.86. The molecule has 1 saturated heterocycles. The van der Waals surface area contributed by atoms with Gasteiger partial charge in [0.25, 0.3) is 5.91 Å². The van der Waals surface area contributed by atoms with Gasteiger partial charge in [-0.1, -0.05) is 0 Å². The number of nitrogens with one attached hydrogen (secondary N) is 2. The maximum Gasteiger partial charge on any atom is 0.416 e. The number of hydrogen-bond acceptors (Lipinski definition) is 2. The van der Waals surface area contributed by atoms with Gasteiger partial charge < -0.3 is 10.6 Å². The average molecular weight is 276 g/mol. The van der Waals surface area contributed by atoms with Crippen LogP contribution < -0.4 is 10.6 Å². The van der Waals surface area contributed by atoms with Crippen LogP contribution in [0, 0.1) is 5.82 Å². The van der Waals surface area contributed by atoms with Gasteiger partial charge in [-0.15, -0.1) is 0 Å². The second kappa shape index (κ2) is 5.16. The van der Waals surface area contributed by atoms with Crippen LogP contribution in [0.4, 0.5) is 17.6 Å². The maximum absolute atomic E-state index is 13.1. The second-order valence-corrected chi connectivity index (χ2v) is 4.39. The van der Waals surface area contributed by atoms with E-state index in [9.17, 15) is 22.4 Å². The van der Waals surface area contributed by atoms with Crippen molar-refractivity contribution in [1.29, 1.82) is 0 Å². The molecule has 1 heterocycles. The third-order valence-corrected chi connectivity index (χ3v) is 2.88. The number of carbonyl (C=O) groups is 1. The number of alkyl halides is 3. The summed E-state index contributed by atoms with van der Waals surface area (Å²) in [5, 5.41) is 5.57. The summed E-state index contributed by atoms with van der Waals surface area (Å²) in [6.45, 7) is 1.30. The van der Waals surface area contributed by atoms with Crippen molar-refractivity contribution < 1.29 is 22.4 Å². The Hall–Kier alpha value is -1.63. The molecule has 0 radical (unpaired) electrons. The summed E-state index contributed by atoms with van der Waals surface area (Å²) >= 11 is 0. The number of halogens is 4. The Balaban J connectivity index is 2.19. The molecule has 104 valence electrons. The zero-order chi connectivity index (χ0) is 14.0. The summed E-state index contributed by atoms with van der Waals surface area (Å²) in [4.78, 5) is 11.8. The van der Waals surface area contributed by atoms with Gasteiger partial charge in [-0.05, 0) is 31.2 Å². The molecule has 0 spiro atoms. The molecule has 19 heavy (non-hydrogen) atoms. The van der Waals surface area contributed by atoms with Crippen LogP contribution >= 0.6 is 0 Å². The molecule has 2 N–H and O–H groups in total. The van der Waals surface area contributed by atoms with Crippen molar-refractivity contribution in [3.05, 3.63) is 35.1 Å². The highest BCUT2D eigenvalue weighted by Gasteiger charge is 2.32. The van der Waals surface area contributed by atoms with Crippen molar-refractivity contribution >= 4 is 5.91 Å². The fourth-order valence-corrected chi connectivity index (χ4v) is 1.93. The van der Waals surface area contributed by atoms with Gasteiger partial charge in [0.2, 0.25) is 0 Å². The summed E-state index contributed by atoms with van der Waals surface area (Å²) in [5.41, 5.74) is -1.48. The van der Waals surface area contributed by atoms with Gasteiger partial charge in [-0.3, -0.25) is 4.79 Å². The molecule has 1 aromatic carbocycles. The second-order valence-electron chi connectivity index (χ2n) is 4.39. The Bertz CT molecular complexity index is 481. The summed E-state index contributed by atoms with van der Waals surface area (Å²) in [6, 6.07) is 1.69. The van der Waals surface area contributed by atoms with Crippen molar-refractivity contribution in [2.45, 2.75) is 18.6 Å². The lowest BCUT2D eigenvalue weighted by molar-refractivity contribution is -0.137. The molecule has 2 rings (SSSR count). The summed E-state index contributed by atoms with van der Waals surface area (Å²) in [7, 11) is 0. The molecular weight excluding hydrogens is 264 g/mol. The van der Waals surface area contributed by atoms with Crippen molar-refractivity contribution in [2.75, 3.05) is 13.1 Å². The van der Waals surface area contributed by atoms with E-state index >= 15 is 0 Å². The smallest absolute Gasteiger partial charge is 0.348 e. The molecule has 0 aliphatic carbocycles. The van der Waals surface area contributed by atoms with E-state index in [0.717, 1.165) is 12.6 Å². The molecular formula is C12H12F4N2O. The summed E-state index contributed by atoms with van der Waals surface area (Å²) in [5.74, 6) is -1.77. The van der Waals surface area contributed by atoms with Gasteiger partial charge in [-0.25, -0.2) is 4.39 Å². The number of hydrogen-bond donors (Lipinski definition) is 2. The molecule has 1 aromatic rings. The molecule has 0 bridgehead atoms. The largest absolute Gasteiger partial charge is 0.416 e. The Morgan fingerprint density at radius 2 is 2.05 bits per heavy atom. The van der Waals surface area contributed by atoms with Crippen LogP contribution in [0.3, 0.4) is 0 Å². The minimum atomic E-state index is -4.67. The Morgan fingerprint density at radius 1 is 1.32 bits per heavy atom. The van der Waals surface area contributed by atoms with Crippen LogP contribution in [-0.4, -0.2) is 25.0 Å². The average Bonchev–Trinajstić information content (AvgIpc) is 2.79. The summed E-state index contributed by atoms with van der Waals surface area (Å²) in [6.07, 6.45) is -3.97. The van der Waals surface area contributed by atoms with Crippen LogP contribution in [0.5, 0.6) is 0 Å². The molecule has 1 unspecified atom stereocenters. The van der Waals surface area contributed by atoms with Crippen LogP contribution in [0.25, 0.3) is 0 Å². The molecule has 1 aliphatic heterocycles. The first-order valence-electron chi connectivity index (χ1n) is 5.75. The van der Waals surface area contributed by atoms with E-state index in [0.29, 0.717) is 25.1 Å². The van der Waals surface area contributed by atoms with E-state index in [1.165, 1.54) is 0 Å². The summed E-state index contributed by atoms with van der Waals surface area (Å²) < 4.78 is 50.7. The zero-order valence-electron chi connectivity index (χ0n) is 9.85. The van der Waals surface area contributed by atoms with E-state index in [-0.39, 0.29) is 11.6 Å². The standard InChI is InChI=1S/C12H12F4N2O/c13-9-4-7(3-8(5-9)12(14,15)16)11(19)18-10-1-2-17-6-10/h3-5,10,17H,1-2,6H2,(H,18,19). The third kappa shape index (κ3) is 3.44.